The third kappa shape index (κ3) is 5.80. The summed E-state index contributed by atoms with van der Waals surface area (Å²) in [7, 11) is -1.44. The maximum Gasteiger partial charge on any atom is 0.159 e. The molecule has 1 aromatic carbocycles. The second kappa shape index (κ2) is 11.0. The first-order valence-electron chi connectivity index (χ1n) is 12.8. The average molecular weight is 554 g/mol. The fraction of sp³-hybridized carbons (Fsp3) is 0.161. The molecule has 0 saturated heterocycles. The first kappa shape index (κ1) is 27.2. The Morgan fingerprint density at radius 2 is 1.95 bits per heavy atom. The van der Waals surface area contributed by atoms with Crippen molar-refractivity contribution in [3.8, 4) is 22.8 Å². The molecule has 0 atom stereocenters. The SMILES string of the molecule is C=C(/C=c1/c(-c2nc3c(-c4cc(F)cc(CNS(=C)(=C)C)c4)nccc3[nH]2)n[nH]/c1=C/C)c1cncc(CC)c1. The van der Waals surface area contributed by atoms with Gasteiger partial charge >= 0.3 is 0 Å². The number of rotatable bonds is 8. The van der Waals surface area contributed by atoms with E-state index in [1.54, 1.807) is 6.20 Å². The minimum Gasteiger partial charge on any atom is -0.336 e. The molecule has 9 heteroatoms. The quantitative estimate of drug-likeness (QED) is 0.242. The summed E-state index contributed by atoms with van der Waals surface area (Å²) in [6.45, 7) is 8.79. The number of aromatic nitrogens is 6. The molecule has 5 rings (SSSR count). The standard InChI is InChI=1S/C31H32FN7S/c1-7-20-12-23(18-33-16-20)19(3)11-25-26(8-2)38-39-29(25)31-36-27-9-10-34-28(30(27)37-31)22-13-21(14-24(32)15-22)17-35-40(4,5)6/h8-16,18,35,38H,3-5,7,17H2,1-2,6H3,(H,36,37)/b25-11+,26-8+. The number of benzene rings is 1. The number of imidazole rings is 1. The van der Waals surface area contributed by atoms with Crippen LogP contribution < -0.4 is 15.3 Å². The monoisotopic (exact) mass is 553 g/mol. The van der Waals surface area contributed by atoms with Crippen LogP contribution in [0.5, 0.6) is 0 Å². The van der Waals surface area contributed by atoms with Gasteiger partial charge in [0.15, 0.2) is 5.82 Å². The summed E-state index contributed by atoms with van der Waals surface area (Å²) in [4.78, 5) is 17.2. The Hall–Kier alpha value is -4.34. The molecule has 0 spiro atoms. The molecular weight excluding hydrogens is 521 g/mol. The lowest BCUT2D eigenvalue weighted by Crippen LogP contribution is -2.23. The fourth-order valence-electron chi connectivity index (χ4n) is 4.43. The van der Waals surface area contributed by atoms with Crippen LogP contribution in [-0.4, -0.2) is 48.1 Å². The first-order valence-corrected chi connectivity index (χ1v) is 15.2. The van der Waals surface area contributed by atoms with Crippen LogP contribution in [0.25, 0.3) is 51.5 Å². The zero-order valence-electron chi connectivity index (χ0n) is 22.9. The molecule has 0 saturated carbocycles. The molecule has 0 aliphatic rings. The molecule has 4 heterocycles. The van der Waals surface area contributed by atoms with Gasteiger partial charge in [-0.3, -0.25) is 19.8 Å². The van der Waals surface area contributed by atoms with Crippen molar-refractivity contribution in [3.05, 3.63) is 88.6 Å². The summed E-state index contributed by atoms with van der Waals surface area (Å²) in [5.74, 6) is 8.30. The Labute approximate surface area is 233 Å². The fourth-order valence-corrected chi connectivity index (χ4v) is 4.95. The number of aryl methyl sites for hydroxylation is 1. The van der Waals surface area contributed by atoms with Crippen molar-refractivity contribution >= 4 is 49.9 Å². The highest BCUT2D eigenvalue weighted by Gasteiger charge is 2.16. The molecule has 4 aromatic heterocycles. The lowest BCUT2D eigenvalue weighted by atomic mass is 10.1. The molecule has 0 bridgehead atoms. The number of hydrogen-bond acceptors (Lipinski definition) is 5. The summed E-state index contributed by atoms with van der Waals surface area (Å²) in [6.07, 6.45) is 12.1. The molecule has 0 amide bonds. The van der Waals surface area contributed by atoms with Crippen molar-refractivity contribution in [2.45, 2.75) is 26.8 Å². The van der Waals surface area contributed by atoms with Gasteiger partial charge in [-0.15, -0.1) is 0 Å². The summed E-state index contributed by atoms with van der Waals surface area (Å²) < 4.78 is 17.9. The van der Waals surface area contributed by atoms with E-state index in [0.717, 1.165) is 44.8 Å². The maximum absolute atomic E-state index is 14.7. The predicted molar refractivity (Wildman–Crippen MR) is 168 cm³/mol. The van der Waals surface area contributed by atoms with Crippen molar-refractivity contribution in [3.63, 3.8) is 0 Å². The Morgan fingerprint density at radius 1 is 1.12 bits per heavy atom. The number of halogens is 1. The van der Waals surface area contributed by atoms with Gasteiger partial charge in [0.2, 0.25) is 0 Å². The first-order chi connectivity index (χ1) is 19.1. The Morgan fingerprint density at radius 3 is 2.70 bits per heavy atom. The van der Waals surface area contributed by atoms with Gasteiger partial charge in [0.1, 0.15) is 17.0 Å². The molecule has 3 N–H and O–H groups in total. The van der Waals surface area contributed by atoms with Gasteiger partial charge in [0.05, 0.1) is 16.6 Å². The van der Waals surface area contributed by atoms with Crippen LogP contribution >= 0.6 is 9.39 Å². The summed E-state index contributed by atoms with van der Waals surface area (Å²) in [5.41, 5.74) is 6.94. The van der Waals surface area contributed by atoms with Crippen LogP contribution in [0, 0.1) is 5.82 Å². The van der Waals surface area contributed by atoms with E-state index in [2.05, 4.69) is 61.2 Å². The van der Waals surface area contributed by atoms with E-state index in [9.17, 15) is 4.39 Å². The van der Waals surface area contributed by atoms with E-state index < -0.39 is 9.39 Å². The summed E-state index contributed by atoms with van der Waals surface area (Å²) in [6, 6.07) is 8.84. The highest BCUT2D eigenvalue weighted by Crippen LogP contribution is 2.28. The van der Waals surface area contributed by atoms with E-state index in [4.69, 9.17) is 4.98 Å². The van der Waals surface area contributed by atoms with E-state index in [1.807, 2.05) is 49.9 Å². The third-order valence-corrected chi connectivity index (χ3v) is 7.34. The van der Waals surface area contributed by atoms with E-state index in [0.29, 0.717) is 34.8 Å². The van der Waals surface area contributed by atoms with Crippen LogP contribution in [0.2, 0.25) is 0 Å². The van der Waals surface area contributed by atoms with Crippen LogP contribution in [0.4, 0.5) is 4.39 Å². The lowest BCUT2D eigenvalue weighted by Gasteiger charge is -2.12. The van der Waals surface area contributed by atoms with Gasteiger partial charge in [0, 0.05) is 35.9 Å². The molecule has 0 aliphatic carbocycles. The summed E-state index contributed by atoms with van der Waals surface area (Å²) >= 11 is 0. The lowest BCUT2D eigenvalue weighted by molar-refractivity contribution is 0.625. The van der Waals surface area contributed by atoms with Gasteiger partial charge in [0.25, 0.3) is 0 Å². The van der Waals surface area contributed by atoms with Gasteiger partial charge < -0.3 is 4.98 Å². The van der Waals surface area contributed by atoms with Crippen LogP contribution in [0.3, 0.4) is 0 Å². The average Bonchev–Trinajstić information content (AvgIpc) is 3.54. The van der Waals surface area contributed by atoms with Crippen molar-refractivity contribution < 1.29 is 4.39 Å². The molecule has 0 radical (unpaired) electrons. The number of pyridine rings is 2. The minimum atomic E-state index is -1.44. The molecule has 0 fully saturated rings. The van der Waals surface area contributed by atoms with E-state index in [1.165, 1.54) is 12.1 Å². The van der Waals surface area contributed by atoms with Crippen molar-refractivity contribution in [2.75, 3.05) is 6.26 Å². The van der Waals surface area contributed by atoms with Crippen LogP contribution in [0.1, 0.15) is 30.5 Å². The summed E-state index contributed by atoms with van der Waals surface area (Å²) in [5, 5.41) is 9.38. The number of nitrogens with zero attached hydrogens (tertiary/aromatic N) is 4. The smallest absolute Gasteiger partial charge is 0.159 e. The number of nitrogens with one attached hydrogen (secondary N) is 3. The molecule has 204 valence electrons. The van der Waals surface area contributed by atoms with E-state index in [-0.39, 0.29) is 5.82 Å². The van der Waals surface area contributed by atoms with Gasteiger partial charge in [-0.2, -0.15) is 14.5 Å². The Bertz CT molecular complexity index is 1970. The zero-order chi connectivity index (χ0) is 28.4. The number of allylic oxidation sites excluding steroid dienone is 1. The number of fused-ring (bicyclic) bond motifs is 1. The largest absolute Gasteiger partial charge is 0.336 e. The second-order valence-corrected chi connectivity index (χ2v) is 12.7. The minimum absolute atomic E-state index is 0.346. The van der Waals surface area contributed by atoms with Crippen LogP contribution in [-0.2, 0) is 13.0 Å². The molecule has 0 unspecified atom stereocenters. The Kier molecular flexibility index (Phi) is 7.51. The van der Waals surface area contributed by atoms with Crippen LogP contribution in [0.15, 0.2) is 55.5 Å². The van der Waals surface area contributed by atoms with Gasteiger partial charge in [-0.05, 0) is 78.3 Å². The van der Waals surface area contributed by atoms with Gasteiger partial charge in [-0.25, -0.2) is 9.37 Å². The second-order valence-electron chi connectivity index (χ2n) is 9.88. The molecule has 40 heavy (non-hydrogen) atoms. The zero-order valence-corrected chi connectivity index (χ0v) is 23.7. The van der Waals surface area contributed by atoms with E-state index >= 15 is 0 Å². The number of aromatic amines is 2. The molecule has 7 nitrogen and oxygen atoms in total. The highest BCUT2D eigenvalue weighted by molar-refractivity contribution is 8.25. The van der Waals surface area contributed by atoms with Crippen molar-refractivity contribution in [2.24, 2.45) is 0 Å². The Balaban J connectivity index is 1.60. The van der Waals surface area contributed by atoms with Crippen molar-refractivity contribution in [1.82, 2.24) is 34.9 Å². The third-order valence-electron chi connectivity index (χ3n) is 6.50. The number of hydrogen-bond donors (Lipinski definition) is 3. The molecular formula is C31H32FN7S. The highest BCUT2D eigenvalue weighted by atomic mass is 32.2. The number of H-pyrrole nitrogens is 2. The maximum atomic E-state index is 14.7. The molecule has 5 aromatic rings. The topological polar surface area (TPSA) is 95.2 Å². The predicted octanol–water partition coefficient (Wildman–Crippen LogP) is 4.71. The van der Waals surface area contributed by atoms with Crippen molar-refractivity contribution in [1.29, 1.82) is 0 Å². The van der Waals surface area contributed by atoms with Gasteiger partial charge in [-0.1, -0.05) is 31.3 Å². The normalized spacial score (nSPS) is 12.9. The molecule has 0 aliphatic heterocycles.